The van der Waals surface area contributed by atoms with Crippen LogP contribution in [-0.2, 0) is 12.1 Å². The van der Waals surface area contributed by atoms with Gasteiger partial charge in [-0.25, -0.2) is 9.78 Å². The van der Waals surface area contributed by atoms with Gasteiger partial charge in [-0.1, -0.05) is 0 Å². The molecule has 0 fully saturated rings. The van der Waals surface area contributed by atoms with Crippen molar-refractivity contribution in [1.29, 1.82) is 0 Å². The average molecular weight is 347 g/mol. The van der Waals surface area contributed by atoms with Crippen LogP contribution in [-0.4, -0.2) is 27.0 Å². The number of alkyl halides is 3. The molecule has 6 nitrogen and oxygen atoms in total. The van der Waals surface area contributed by atoms with Crippen molar-refractivity contribution in [2.24, 2.45) is 0 Å². The number of nitrogens with zero attached hydrogens (tertiary/aromatic N) is 3. The maximum atomic E-state index is 12.3. The Morgan fingerprint density at radius 1 is 1.35 bits per heavy atom. The number of rotatable bonds is 4. The number of thiazole rings is 1. The third kappa shape index (κ3) is 4.95. The minimum Gasteiger partial charge on any atom is -0.326 e. The van der Waals surface area contributed by atoms with E-state index in [1.54, 1.807) is 20.0 Å². The fraction of sp³-hybridized carbons (Fsp3) is 0.462. The Kier molecular flexibility index (Phi) is 4.64. The minimum absolute atomic E-state index is 0.179. The summed E-state index contributed by atoms with van der Waals surface area (Å²) in [5.41, 5.74) is -0.525. The standard InChI is InChI=1S/C13H16F3N5OS/c1-8-4-17-10(23-8)12(2,3)20-11(22)19-9-5-18-21(6-9)7-13(14,15)16/h4-6H,7H2,1-3H3,(H2,19,20,22). The summed E-state index contributed by atoms with van der Waals surface area (Å²) in [6.07, 6.45) is -0.377. The first kappa shape index (κ1) is 17.3. The van der Waals surface area contributed by atoms with Gasteiger partial charge in [0.15, 0.2) is 0 Å². The number of aryl methyl sites for hydroxylation is 1. The predicted molar refractivity (Wildman–Crippen MR) is 80.3 cm³/mol. The van der Waals surface area contributed by atoms with Crippen LogP contribution in [0.5, 0.6) is 0 Å². The van der Waals surface area contributed by atoms with Crippen LogP contribution in [0.1, 0.15) is 23.7 Å². The average Bonchev–Trinajstić information content (AvgIpc) is 2.96. The smallest absolute Gasteiger partial charge is 0.326 e. The van der Waals surface area contributed by atoms with E-state index in [4.69, 9.17) is 0 Å². The van der Waals surface area contributed by atoms with Gasteiger partial charge in [-0.15, -0.1) is 11.3 Å². The number of amides is 2. The fourth-order valence-electron chi connectivity index (χ4n) is 1.84. The lowest BCUT2D eigenvalue weighted by molar-refractivity contribution is -0.142. The van der Waals surface area contributed by atoms with Gasteiger partial charge >= 0.3 is 12.2 Å². The molecule has 2 rings (SSSR count). The lowest BCUT2D eigenvalue weighted by atomic mass is 10.1. The molecule has 2 aromatic rings. The summed E-state index contributed by atoms with van der Waals surface area (Å²) in [5, 5.41) is 9.48. The quantitative estimate of drug-likeness (QED) is 0.892. The van der Waals surface area contributed by atoms with Crippen LogP contribution in [0.2, 0.25) is 0 Å². The number of hydrogen-bond acceptors (Lipinski definition) is 4. The molecule has 0 saturated carbocycles. The number of nitrogens with one attached hydrogen (secondary N) is 2. The molecule has 10 heteroatoms. The molecule has 0 aromatic carbocycles. The van der Waals surface area contributed by atoms with Crippen molar-refractivity contribution in [1.82, 2.24) is 20.1 Å². The largest absolute Gasteiger partial charge is 0.408 e. The zero-order chi connectivity index (χ0) is 17.3. The molecule has 2 heterocycles. The van der Waals surface area contributed by atoms with Crippen LogP contribution >= 0.6 is 11.3 Å². The monoisotopic (exact) mass is 347 g/mol. The van der Waals surface area contributed by atoms with Gasteiger partial charge in [-0.05, 0) is 20.8 Å². The van der Waals surface area contributed by atoms with E-state index in [1.165, 1.54) is 11.3 Å². The Labute approximate surface area is 134 Å². The molecule has 0 saturated heterocycles. The summed E-state index contributed by atoms with van der Waals surface area (Å²) < 4.78 is 37.5. The molecular formula is C13H16F3N5OS. The number of hydrogen-bond donors (Lipinski definition) is 2. The second-order valence-electron chi connectivity index (χ2n) is 5.52. The lowest BCUT2D eigenvalue weighted by Crippen LogP contribution is -2.43. The fourth-order valence-corrected chi connectivity index (χ4v) is 2.66. The number of anilines is 1. The van der Waals surface area contributed by atoms with Crippen LogP contribution < -0.4 is 10.6 Å². The van der Waals surface area contributed by atoms with E-state index >= 15 is 0 Å². The highest BCUT2D eigenvalue weighted by Crippen LogP contribution is 2.25. The molecule has 2 aromatic heterocycles. The van der Waals surface area contributed by atoms with Gasteiger partial charge in [-0.3, -0.25) is 4.68 Å². The van der Waals surface area contributed by atoms with Gasteiger partial charge in [0.05, 0.1) is 17.4 Å². The van der Waals surface area contributed by atoms with Crippen molar-refractivity contribution in [2.75, 3.05) is 5.32 Å². The molecule has 23 heavy (non-hydrogen) atoms. The van der Waals surface area contributed by atoms with E-state index in [0.29, 0.717) is 4.68 Å². The number of carbonyl (C=O) groups excluding carboxylic acids is 1. The van der Waals surface area contributed by atoms with Crippen LogP contribution in [0.4, 0.5) is 23.7 Å². The second kappa shape index (κ2) is 6.19. The maximum absolute atomic E-state index is 12.3. The zero-order valence-electron chi connectivity index (χ0n) is 12.7. The van der Waals surface area contributed by atoms with E-state index < -0.39 is 24.3 Å². The highest BCUT2D eigenvalue weighted by atomic mass is 32.1. The molecule has 0 spiro atoms. The molecule has 0 aliphatic carbocycles. The van der Waals surface area contributed by atoms with E-state index in [-0.39, 0.29) is 5.69 Å². The highest BCUT2D eigenvalue weighted by molar-refractivity contribution is 7.11. The molecule has 126 valence electrons. The second-order valence-corrected chi connectivity index (χ2v) is 6.76. The van der Waals surface area contributed by atoms with Gasteiger partial charge in [0.25, 0.3) is 0 Å². The van der Waals surface area contributed by atoms with Crippen molar-refractivity contribution in [3.63, 3.8) is 0 Å². The molecule has 2 amide bonds. The van der Waals surface area contributed by atoms with Crippen molar-refractivity contribution in [2.45, 2.75) is 39.0 Å². The Hall–Kier alpha value is -2.10. The molecule has 0 unspecified atom stereocenters. The van der Waals surface area contributed by atoms with Gasteiger partial charge in [0, 0.05) is 17.3 Å². The molecule has 0 bridgehead atoms. The molecule has 0 atom stereocenters. The lowest BCUT2D eigenvalue weighted by Gasteiger charge is -2.23. The summed E-state index contributed by atoms with van der Waals surface area (Å²) in [6, 6.07) is -0.547. The molecule has 0 radical (unpaired) electrons. The normalized spacial score (nSPS) is 12.3. The minimum atomic E-state index is -4.36. The third-order valence-electron chi connectivity index (χ3n) is 2.81. The molecule has 0 aliphatic heterocycles. The van der Waals surface area contributed by atoms with Crippen molar-refractivity contribution in [3.05, 3.63) is 28.5 Å². The first-order valence-corrected chi connectivity index (χ1v) is 7.48. The summed E-state index contributed by atoms with van der Waals surface area (Å²) in [6.45, 7) is 4.28. The third-order valence-corrected chi connectivity index (χ3v) is 4.05. The Bertz CT molecular complexity index is 692. The van der Waals surface area contributed by atoms with Crippen LogP contribution in [0.25, 0.3) is 0 Å². The number of halogens is 3. The highest BCUT2D eigenvalue weighted by Gasteiger charge is 2.29. The summed E-state index contributed by atoms with van der Waals surface area (Å²) in [7, 11) is 0. The summed E-state index contributed by atoms with van der Waals surface area (Å²) in [5.74, 6) is 0. The van der Waals surface area contributed by atoms with Crippen LogP contribution in [0.3, 0.4) is 0 Å². The van der Waals surface area contributed by atoms with Gasteiger partial charge in [0.1, 0.15) is 11.6 Å². The van der Waals surface area contributed by atoms with Gasteiger partial charge in [0.2, 0.25) is 0 Å². The van der Waals surface area contributed by atoms with E-state index in [2.05, 4.69) is 20.7 Å². The SMILES string of the molecule is Cc1cnc(C(C)(C)NC(=O)Nc2cnn(CC(F)(F)F)c2)s1. The first-order chi connectivity index (χ1) is 10.5. The Balaban J connectivity index is 1.97. The van der Waals surface area contributed by atoms with Crippen molar-refractivity contribution in [3.8, 4) is 0 Å². The van der Waals surface area contributed by atoms with Crippen LogP contribution in [0, 0.1) is 6.92 Å². The van der Waals surface area contributed by atoms with Crippen molar-refractivity contribution < 1.29 is 18.0 Å². The number of urea groups is 1. The number of carbonyl (C=O) groups is 1. The van der Waals surface area contributed by atoms with Gasteiger partial charge < -0.3 is 10.6 Å². The van der Waals surface area contributed by atoms with E-state index in [9.17, 15) is 18.0 Å². The van der Waals surface area contributed by atoms with E-state index in [0.717, 1.165) is 22.3 Å². The number of aromatic nitrogens is 3. The maximum Gasteiger partial charge on any atom is 0.408 e. The molecule has 2 N–H and O–H groups in total. The topological polar surface area (TPSA) is 71.8 Å². The summed E-state index contributed by atoms with van der Waals surface area (Å²) in [4.78, 5) is 17.2. The van der Waals surface area contributed by atoms with Crippen LogP contribution in [0.15, 0.2) is 18.6 Å². The molecule has 0 aliphatic rings. The Morgan fingerprint density at radius 2 is 2.04 bits per heavy atom. The van der Waals surface area contributed by atoms with Gasteiger partial charge in [-0.2, -0.15) is 18.3 Å². The zero-order valence-corrected chi connectivity index (χ0v) is 13.5. The molecular weight excluding hydrogens is 331 g/mol. The van der Waals surface area contributed by atoms with Crippen molar-refractivity contribution >= 4 is 23.1 Å². The summed E-state index contributed by atoms with van der Waals surface area (Å²) >= 11 is 1.46. The predicted octanol–water partition coefficient (Wildman–Crippen LogP) is 3.27. The Morgan fingerprint density at radius 3 is 2.61 bits per heavy atom. The van der Waals surface area contributed by atoms with E-state index in [1.807, 2.05) is 6.92 Å². The first-order valence-electron chi connectivity index (χ1n) is 6.66.